The topological polar surface area (TPSA) is 58.6 Å². The highest BCUT2D eigenvalue weighted by atomic mass is 35.5. The van der Waals surface area contributed by atoms with Gasteiger partial charge in [-0.3, -0.25) is 9.59 Å². The van der Waals surface area contributed by atoms with Crippen molar-refractivity contribution in [1.82, 2.24) is 10.2 Å². The second-order valence-electron chi connectivity index (χ2n) is 8.33. The molecule has 5 nitrogen and oxygen atoms in total. The monoisotopic (exact) mass is 464 g/mol. The Morgan fingerprint density at radius 2 is 1.81 bits per heavy atom. The molecule has 0 aliphatic rings. The Labute approximate surface area is 194 Å². The van der Waals surface area contributed by atoms with Crippen LogP contribution in [-0.2, 0) is 21.5 Å². The predicted octanol–water partition coefficient (Wildman–Crippen LogP) is 5.22. The Morgan fingerprint density at radius 1 is 1.13 bits per heavy atom. The van der Waals surface area contributed by atoms with Crippen LogP contribution in [0.2, 0.25) is 10.0 Å². The van der Waals surface area contributed by atoms with Crippen molar-refractivity contribution in [3.05, 3.63) is 63.6 Å². The number of carbonyl (C=O) groups is 2. The van der Waals surface area contributed by atoms with E-state index < -0.39 is 6.04 Å². The zero-order valence-electron chi connectivity index (χ0n) is 18.7. The summed E-state index contributed by atoms with van der Waals surface area (Å²) in [5.74, 6) is 0.113. The van der Waals surface area contributed by atoms with Crippen molar-refractivity contribution in [2.45, 2.75) is 52.1 Å². The molecule has 0 unspecified atom stereocenters. The Hall–Kier alpha value is -2.24. The number of ether oxygens (including phenoxy) is 1. The minimum absolute atomic E-state index is 0.135. The summed E-state index contributed by atoms with van der Waals surface area (Å²) in [5, 5.41) is 3.58. The van der Waals surface area contributed by atoms with E-state index in [9.17, 15) is 9.59 Å². The van der Waals surface area contributed by atoms with E-state index in [2.05, 4.69) is 26.1 Å². The number of nitrogens with zero attached hydrogens (tertiary/aromatic N) is 1. The lowest BCUT2D eigenvalue weighted by Gasteiger charge is -2.31. The number of likely N-dealkylation sites (N-methyl/N-ethyl adjacent to an activating group) is 1. The summed E-state index contributed by atoms with van der Waals surface area (Å²) in [4.78, 5) is 27.2. The summed E-state index contributed by atoms with van der Waals surface area (Å²) in [6.45, 7) is 8.11. The van der Waals surface area contributed by atoms with Gasteiger partial charge in [0.15, 0.2) is 6.61 Å². The summed E-state index contributed by atoms with van der Waals surface area (Å²) in [5.41, 5.74) is 1.58. The lowest BCUT2D eigenvalue weighted by Crippen LogP contribution is -2.49. The maximum absolute atomic E-state index is 13.2. The van der Waals surface area contributed by atoms with Crippen LogP contribution in [-0.4, -0.2) is 36.4 Å². The molecule has 1 atom stereocenters. The molecule has 2 amide bonds. The average molecular weight is 465 g/mol. The molecule has 0 saturated heterocycles. The number of hydrogen-bond donors (Lipinski definition) is 1. The third-order valence-corrected chi connectivity index (χ3v) is 5.62. The van der Waals surface area contributed by atoms with Gasteiger partial charge in [0, 0.05) is 23.6 Å². The number of rotatable bonds is 8. The summed E-state index contributed by atoms with van der Waals surface area (Å²) < 4.78 is 5.92. The molecule has 168 valence electrons. The van der Waals surface area contributed by atoms with Gasteiger partial charge in [0.1, 0.15) is 11.8 Å². The van der Waals surface area contributed by atoms with Gasteiger partial charge in [-0.25, -0.2) is 0 Å². The molecule has 2 aromatic carbocycles. The molecular weight excluding hydrogens is 435 g/mol. The van der Waals surface area contributed by atoms with Crippen LogP contribution in [0, 0.1) is 0 Å². The van der Waals surface area contributed by atoms with Crippen molar-refractivity contribution in [3.63, 3.8) is 0 Å². The van der Waals surface area contributed by atoms with Crippen molar-refractivity contribution in [2.24, 2.45) is 0 Å². The first kappa shape index (κ1) is 25.0. The second kappa shape index (κ2) is 10.9. The van der Waals surface area contributed by atoms with E-state index in [1.165, 1.54) is 4.90 Å². The SMILES string of the molecule is CC[C@H](C(=O)NC)N(Cc1ccc(Cl)cc1Cl)C(=O)COc1ccccc1C(C)(C)C. The fourth-order valence-electron chi connectivity index (χ4n) is 3.35. The van der Waals surface area contributed by atoms with E-state index in [1.54, 1.807) is 25.2 Å². The molecule has 0 heterocycles. The number of benzene rings is 2. The molecular formula is C24H30Cl2N2O3. The molecule has 2 rings (SSSR count). The fourth-order valence-corrected chi connectivity index (χ4v) is 3.82. The molecule has 0 aromatic heterocycles. The van der Waals surface area contributed by atoms with Gasteiger partial charge in [-0.05, 0) is 41.2 Å². The van der Waals surface area contributed by atoms with Crippen molar-refractivity contribution in [2.75, 3.05) is 13.7 Å². The number of para-hydroxylation sites is 1. The Kier molecular flexibility index (Phi) is 8.78. The largest absolute Gasteiger partial charge is 0.483 e. The molecule has 31 heavy (non-hydrogen) atoms. The van der Waals surface area contributed by atoms with Crippen LogP contribution in [0.15, 0.2) is 42.5 Å². The minimum Gasteiger partial charge on any atom is -0.483 e. The lowest BCUT2D eigenvalue weighted by molar-refractivity contribution is -0.142. The number of carbonyl (C=O) groups excluding carboxylic acids is 2. The summed E-state index contributed by atoms with van der Waals surface area (Å²) in [6.07, 6.45) is 0.454. The van der Waals surface area contributed by atoms with E-state index in [4.69, 9.17) is 27.9 Å². The lowest BCUT2D eigenvalue weighted by atomic mass is 9.86. The van der Waals surface area contributed by atoms with Crippen LogP contribution >= 0.6 is 23.2 Å². The number of nitrogens with one attached hydrogen (secondary N) is 1. The second-order valence-corrected chi connectivity index (χ2v) is 9.17. The minimum atomic E-state index is -0.647. The molecule has 0 aliphatic heterocycles. The highest BCUT2D eigenvalue weighted by molar-refractivity contribution is 6.35. The van der Waals surface area contributed by atoms with Gasteiger partial charge in [-0.15, -0.1) is 0 Å². The smallest absolute Gasteiger partial charge is 0.261 e. The maximum atomic E-state index is 13.2. The molecule has 0 fully saturated rings. The summed E-state index contributed by atoms with van der Waals surface area (Å²) >= 11 is 12.3. The van der Waals surface area contributed by atoms with Gasteiger partial charge >= 0.3 is 0 Å². The zero-order valence-corrected chi connectivity index (χ0v) is 20.2. The van der Waals surface area contributed by atoms with Crippen molar-refractivity contribution < 1.29 is 14.3 Å². The Balaban J connectivity index is 2.29. The molecule has 2 aromatic rings. The number of amides is 2. The first-order chi connectivity index (χ1) is 14.6. The third kappa shape index (κ3) is 6.62. The summed E-state index contributed by atoms with van der Waals surface area (Å²) in [6, 6.07) is 12.1. The van der Waals surface area contributed by atoms with Crippen molar-refractivity contribution in [1.29, 1.82) is 0 Å². The highest BCUT2D eigenvalue weighted by Crippen LogP contribution is 2.31. The van der Waals surface area contributed by atoms with Crippen LogP contribution in [0.25, 0.3) is 0 Å². The fraction of sp³-hybridized carbons (Fsp3) is 0.417. The molecule has 0 bridgehead atoms. The predicted molar refractivity (Wildman–Crippen MR) is 126 cm³/mol. The van der Waals surface area contributed by atoms with Crippen molar-refractivity contribution in [3.8, 4) is 5.75 Å². The third-order valence-electron chi connectivity index (χ3n) is 5.03. The normalized spacial score (nSPS) is 12.2. The molecule has 0 saturated carbocycles. The van der Waals surface area contributed by atoms with Gasteiger partial charge in [0.2, 0.25) is 5.91 Å². The first-order valence-corrected chi connectivity index (χ1v) is 11.0. The Bertz CT molecular complexity index is 925. The quantitative estimate of drug-likeness (QED) is 0.582. The van der Waals surface area contributed by atoms with Crippen LogP contribution in [0.4, 0.5) is 0 Å². The molecule has 0 radical (unpaired) electrons. The van der Waals surface area contributed by atoms with Gasteiger partial charge < -0.3 is 15.0 Å². The van der Waals surface area contributed by atoms with Gasteiger partial charge in [0.25, 0.3) is 5.91 Å². The van der Waals surface area contributed by atoms with E-state index >= 15 is 0 Å². The highest BCUT2D eigenvalue weighted by Gasteiger charge is 2.29. The van der Waals surface area contributed by atoms with E-state index in [0.29, 0.717) is 27.8 Å². The van der Waals surface area contributed by atoms with Crippen LogP contribution in [0.5, 0.6) is 5.75 Å². The van der Waals surface area contributed by atoms with E-state index in [0.717, 1.165) is 5.56 Å². The zero-order chi connectivity index (χ0) is 23.2. The number of hydrogen-bond acceptors (Lipinski definition) is 3. The van der Waals surface area contributed by atoms with Crippen LogP contribution < -0.4 is 10.1 Å². The first-order valence-electron chi connectivity index (χ1n) is 10.3. The molecule has 0 spiro atoms. The molecule has 1 N–H and O–H groups in total. The van der Waals surface area contributed by atoms with Crippen molar-refractivity contribution >= 4 is 35.0 Å². The summed E-state index contributed by atoms with van der Waals surface area (Å²) in [7, 11) is 1.55. The standard InChI is InChI=1S/C24H30Cl2N2O3/c1-6-20(23(30)27-5)28(14-16-11-12-17(25)13-19(16)26)22(29)15-31-21-10-8-7-9-18(21)24(2,3)4/h7-13,20H,6,14-15H2,1-5H3,(H,27,30)/t20-/m1/s1. The maximum Gasteiger partial charge on any atom is 0.261 e. The average Bonchev–Trinajstić information content (AvgIpc) is 2.72. The van der Waals surface area contributed by atoms with Gasteiger partial charge in [-0.1, -0.05) is 75.2 Å². The van der Waals surface area contributed by atoms with Crippen LogP contribution in [0.3, 0.4) is 0 Å². The van der Waals surface area contributed by atoms with Gasteiger partial charge in [-0.2, -0.15) is 0 Å². The number of halogens is 2. The van der Waals surface area contributed by atoms with E-state index in [-0.39, 0.29) is 30.4 Å². The molecule has 0 aliphatic carbocycles. The van der Waals surface area contributed by atoms with Crippen LogP contribution in [0.1, 0.15) is 45.2 Å². The van der Waals surface area contributed by atoms with E-state index in [1.807, 2.05) is 31.2 Å². The molecule has 7 heteroatoms. The van der Waals surface area contributed by atoms with Gasteiger partial charge in [0.05, 0.1) is 0 Å². The Morgan fingerprint density at radius 3 is 2.39 bits per heavy atom.